The van der Waals surface area contributed by atoms with Crippen LogP contribution in [0.5, 0.6) is 0 Å². The molecule has 0 unspecified atom stereocenters. The molecule has 2 heteroatoms. The molecule has 0 saturated carbocycles. The van der Waals surface area contributed by atoms with Crippen molar-refractivity contribution in [2.75, 3.05) is 0 Å². The van der Waals surface area contributed by atoms with Crippen molar-refractivity contribution in [1.29, 1.82) is 0 Å². The van der Waals surface area contributed by atoms with Gasteiger partial charge in [-0.25, -0.2) is 4.98 Å². The first kappa shape index (κ1) is 20.0. The maximum Gasteiger partial charge on any atom is 0.146 e. The van der Waals surface area contributed by atoms with Crippen LogP contribution in [-0.4, -0.2) is 9.55 Å². The molecule has 0 spiro atoms. The van der Waals surface area contributed by atoms with E-state index < -0.39 is 24.2 Å². The minimum Gasteiger partial charge on any atom is -0.292 e. The van der Waals surface area contributed by atoms with Gasteiger partial charge in [-0.1, -0.05) is 158 Å². The second-order valence-corrected chi connectivity index (χ2v) is 11.3. The van der Waals surface area contributed by atoms with E-state index in [0.29, 0.717) is 28.1 Å². The lowest BCUT2D eigenvalue weighted by atomic mass is 9.83. The van der Waals surface area contributed by atoms with Gasteiger partial charge in [-0.15, -0.1) is 0 Å². The zero-order valence-corrected chi connectivity index (χ0v) is 25.1. The first-order chi connectivity index (χ1) is 26.7. The number of rotatable bonds is 5. The van der Waals surface area contributed by atoms with Gasteiger partial charge in [0.1, 0.15) is 5.82 Å². The topological polar surface area (TPSA) is 17.8 Å². The summed E-state index contributed by atoms with van der Waals surface area (Å²) in [6.07, 6.45) is 0. The Morgan fingerprint density at radius 2 is 0.872 bits per heavy atom. The van der Waals surface area contributed by atoms with E-state index in [1.54, 1.807) is 0 Å². The molecule has 47 heavy (non-hydrogen) atoms. The van der Waals surface area contributed by atoms with Gasteiger partial charge in [0, 0.05) is 11.3 Å². The van der Waals surface area contributed by atoms with Gasteiger partial charge < -0.3 is 0 Å². The van der Waals surface area contributed by atoms with E-state index in [-0.39, 0.29) is 51.3 Å². The minimum absolute atomic E-state index is 0.149. The third-order valence-electron chi connectivity index (χ3n) is 8.67. The summed E-state index contributed by atoms with van der Waals surface area (Å²) in [5.74, 6) is 0.560. The molecule has 8 aromatic carbocycles. The van der Waals surface area contributed by atoms with Gasteiger partial charge in [0.15, 0.2) is 0 Å². The molecule has 0 radical (unpaired) electrons. The first-order valence-corrected chi connectivity index (χ1v) is 15.4. The molecule has 220 valence electrons. The predicted octanol–water partition coefficient (Wildman–Crippen LogP) is 12.0. The molecule has 9 aromatic rings. The van der Waals surface area contributed by atoms with Gasteiger partial charge >= 0.3 is 0 Å². The SMILES string of the molecule is [2H]c1c([2H])c([2H])c2c(-c3ccccc3-c3nc4ccccc4n3-c3ccccc3)c3c([2H])c([2H])c([2H])c([2H])c3c(-c3ccccc3-c3ccccc3)c2c1[2H]. The van der Waals surface area contributed by atoms with Crippen LogP contribution >= 0.6 is 0 Å². The summed E-state index contributed by atoms with van der Waals surface area (Å²) in [5.41, 5.74) is 6.30. The van der Waals surface area contributed by atoms with Crippen molar-refractivity contribution in [2.45, 2.75) is 0 Å². The molecule has 0 N–H and O–H groups in total. The highest BCUT2D eigenvalue weighted by Crippen LogP contribution is 2.48. The van der Waals surface area contributed by atoms with E-state index in [2.05, 4.69) is 0 Å². The van der Waals surface area contributed by atoms with E-state index >= 15 is 0 Å². The minimum atomic E-state index is -0.449. The quantitative estimate of drug-likeness (QED) is 0.178. The van der Waals surface area contributed by atoms with Crippen molar-refractivity contribution in [3.63, 3.8) is 0 Å². The van der Waals surface area contributed by atoms with E-state index in [0.717, 1.165) is 27.8 Å². The Kier molecular flexibility index (Phi) is 4.80. The summed E-state index contributed by atoms with van der Waals surface area (Å²) in [6, 6.07) is 39.0. The van der Waals surface area contributed by atoms with Crippen LogP contribution in [0.4, 0.5) is 0 Å². The van der Waals surface area contributed by atoms with Crippen LogP contribution in [0, 0.1) is 0 Å². The summed E-state index contributed by atoms with van der Waals surface area (Å²) >= 11 is 0. The van der Waals surface area contributed by atoms with Crippen LogP contribution in [0.3, 0.4) is 0 Å². The lowest BCUT2D eigenvalue weighted by Crippen LogP contribution is -1.99. The van der Waals surface area contributed by atoms with Crippen molar-refractivity contribution in [3.05, 3.63) is 182 Å². The standard InChI is InChI=1S/C45H30N2/c1-3-17-31(18-4-1)33-21-7-8-22-34(33)43-35-23-9-11-25-37(35)44(38-26-12-10-24-36(38)43)39-27-13-14-28-40(39)45-46-41-29-15-16-30-42(41)47(45)32-19-5-2-6-20-32/h1-30H/i9D,10D,11D,12D,23D,24D,25D,26D. The molecule has 0 atom stereocenters. The average Bonchev–Trinajstić information content (AvgIpc) is 3.62. The number of aromatic nitrogens is 2. The third kappa shape index (κ3) is 4.46. The number of benzene rings is 8. The van der Waals surface area contributed by atoms with Crippen molar-refractivity contribution in [1.82, 2.24) is 9.55 Å². The fraction of sp³-hybridized carbons (Fsp3) is 0. The Morgan fingerprint density at radius 3 is 1.47 bits per heavy atom. The highest BCUT2D eigenvalue weighted by atomic mass is 15.1. The van der Waals surface area contributed by atoms with Crippen molar-refractivity contribution in [3.8, 4) is 50.5 Å². The van der Waals surface area contributed by atoms with Crippen LogP contribution in [0.2, 0.25) is 0 Å². The molecule has 0 aliphatic carbocycles. The van der Waals surface area contributed by atoms with Crippen LogP contribution in [0.15, 0.2) is 182 Å². The fourth-order valence-electron chi connectivity index (χ4n) is 6.68. The van der Waals surface area contributed by atoms with Crippen molar-refractivity contribution >= 4 is 32.6 Å². The molecule has 0 aliphatic rings. The van der Waals surface area contributed by atoms with Crippen LogP contribution < -0.4 is 0 Å². The van der Waals surface area contributed by atoms with Crippen molar-refractivity contribution < 1.29 is 11.0 Å². The van der Waals surface area contributed by atoms with Crippen molar-refractivity contribution in [2.24, 2.45) is 0 Å². The molecular formula is C45H30N2. The van der Waals surface area contributed by atoms with Gasteiger partial charge in [-0.2, -0.15) is 0 Å². The largest absolute Gasteiger partial charge is 0.292 e. The average molecular weight is 607 g/mol. The maximum atomic E-state index is 9.52. The number of imidazole rings is 1. The lowest BCUT2D eigenvalue weighted by molar-refractivity contribution is 1.10. The molecule has 2 nitrogen and oxygen atoms in total. The maximum absolute atomic E-state index is 9.52. The highest BCUT2D eigenvalue weighted by Gasteiger charge is 2.22. The van der Waals surface area contributed by atoms with Gasteiger partial charge in [0.25, 0.3) is 0 Å². The second-order valence-electron chi connectivity index (χ2n) is 11.3. The summed E-state index contributed by atoms with van der Waals surface area (Å²) in [7, 11) is 0. The van der Waals surface area contributed by atoms with E-state index in [1.807, 2.05) is 138 Å². The molecule has 0 bridgehead atoms. The molecule has 1 aromatic heterocycles. The van der Waals surface area contributed by atoms with E-state index in [9.17, 15) is 5.48 Å². The molecule has 0 saturated heterocycles. The Balaban J connectivity index is 1.53. The summed E-state index contributed by atoms with van der Waals surface area (Å²) < 4.78 is 75.7. The van der Waals surface area contributed by atoms with E-state index in [4.69, 9.17) is 10.5 Å². The number of nitrogens with zero attached hydrogens (tertiary/aromatic N) is 2. The summed E-state index contributed by atoms with van der Waals surface area (Å²) in [5, 5.41) is 0.619. The van der Waals surface area contributed by atoms with Gasteiger partial charge in [-0.05, 0) is 79.2 Å². The number of hydrogen-bond acceptors (Lipinski definition) is 1. The summed E-state index contributed by atoms with van der Waals surface area (Å²) in [4.78, 5) is 5.12. The second kappa shape index (κ2) is 11.3. The molecular weight excluding hydrogens is 569 g/mol. The first-order valence-electron chi connectivity index (χ1n) is 19.4. The predicted molar refractivity (Wildman–Crippen MR) is 198 cm³/mol. The van der Waals surface area contributed by atoms with Gasteiger partial charge in [0.05, 0.1) is 22.0 Å². The summed E-state index contributed by atoms with van der Waals surface area (Å²) in [6.45, 7) is 0. The monoisotopic (exact) mass is 606 g/mol. The van der Waals surface area contributed by atoms with Crippen LogP contribution in [-0.2, 0) is 0 Å². The Bertz CT molecular complexity index is 2930. The number of hydrogen-bond donors (Lipinski definition) is 0. The van der Waals surface area contributed by atoms with E-state index in [1.165, 1.54) is 0 Å². The molecule has 0 amide bonds. The van der Waals surface area contributed by atoms with Crippen LogP contribution in [0.1, 0.15) is 11.0 Å². The lowest BCUT2D eigenvalue weighted by Gasteiger charge is -2.21. The zero-order chi connectivity index (χ0) is 38.1. The normalized spacial score (nSPS) is 13.8. The smallest absolute Gasteiger partial charge is 0.146 e. The Morgan fingerprint density at radius 1 is 0.426 bits per heavy atom. The molecule has 9 rings (SSSR count). The van der Waals surface area contributed by atoms with Gasteiger partial charge in [-0.3, -0.25) is 4.57 Å². The zero-order valence-electron chi connectivity index (χ0n) is 33.1. The van der Waals surface area contributed by atoms with Crippen LogP contribution in [0.25, 0.3) is 83.0 Å². The Hall–Kier alpha value is -6.25. The number of para-hydroxylation sites is 3. The highest BCUT2D eigenvalue weighted by molar-refractivity contribution is 6.23. The third-order valence-corrected chi connectivity index (χ3v) is 8.67. The molecule has 1 heterocycles. The fourth-order valence-corrected chi connectivity index (χ4v) is 6.68. The van der Waals surface area contributed by atoms with Gasteiger partial charge in [0.2, 0.25) is 0 Å². The molecule has 0 fully saturated rings. The number of fused-ring (bicyclic) bond motifs is 3. The molecule has 0 aliphatic heterocycles. The Labute approximate surface area is 285 Å².